The van der Waals surface area contributed by atoms with Gasteiger partial charge in [-0.1, -0.05) is 33.6 Å². The highest BCUT2D eigenvalue weighted by Gasteiger charge is 2.06. The first-order valence-electron chi connectivity index (χ1n) is 3.81. The minimum absolute atomic E-state index is 0.149. The third kappa shape index (κ3) is 1.95. The van der Waals surface area contributed by atoms with Crippen LogP contribution in [0, 0.1) is 13.8 Å². The minimum atomic E-state index is 0.149. The molecule has 0 radical (unpaired) electrons. The molecule has 0 N–H and O–H groups in total. The monoisotopic (exact) mass is 226 g/mol. The topological polar surface area (TPSA) is 17.1 Å². The van der Waals surface area contributed by atoms with Crippen molar-refractivity contribution in [3.63, 3.8) is 0 Å². The van der Waals surface area contributed by atoms with Crippen molar-refractivity contribution in [3.8, 4) is 0 Å². The van der Waals surface area contributed by atoms with Gasteiger partial charge in [0.2, 0.25) is 0 Å². The number of aryl methyl sites for hydroxylation is 2. The molecule has 2 heteroatoms. The van der Waals surface area contributed by atoms with E-state index in [1.165, 1.54) is 0 Å². The van der Waals surface area contributed by atoms with Gasteiger partial charge in [0.15, 0.2) is 5.78 Å². The van der Waals surface area contributed by atoms with Crippen molar-refractivity contribution in [2.24, 2.45) is 0 Å². The van der Waals surface area contributed by atoms with Crippen LogP contribution in [0.15, 0.2) is 18.2 Å². The molecule has 1 rings (SSSR count). The number of carbonyl (C=O) groups excluding carboxylic acids is 1. The van der Waals surface area contributed by atoms with Gasteiger partial charge in [-0.3, -0.25) is 4.79 Å². The Morgan fingerprint density at radius 2 is 2.08 bits per heavy atom. The minimum Gasteiger partial charge on any atom is -0.293 e. The number of benzene rings is 1. The van der Waals surface area contributed by atoms with Crippen molar-refractivity contribution in [1.82, 2.24) is 0 Å². The maximum Gasteiger partial charge on any atom is 0.173 e. The Bertz CT molecular complexity index is 305. The molecule has 0 aromatic heterocycles. The number of alkyl halides is 1. The summed E-state index contributed by atoms with van der Waals surface area (Å²) in [5.41, 5.74) is 3.00. The van der Waals surface area contributed by atoms with E-state index in [4.69, 9.17) is 0 Å². The molecule has 0 heterocycles. The summed E-state index contributed by atoms with van der Waals surface area (Å²) >= 11 is 3.16. The Morgan fingerprint density at radius 3 is 2.67 bits per heavy atom. The second-order valence-corrected chi connectivity index (χ2v) is 3.44. The molecular weight excluding hydrogens is 216 g/mol. The van der Waals surface area contributed by atoms with Gasteiger partial charge in [0.05, 0.1) is 5.33 Å². The molecule has 64 valence electrons. The van der Waals surface area contributed by atoms with Gasteiger partial charge in [-0.2, -0.15) is 0 Å². The van der Waals surface area contributed by atoms with Gasteiger partial charge in [-0.05, 0) is 25.5 Å². The van der Waals surface area contributed by atoms with Crippen LogP contribution in [0.25, 0.3) is 0 Å². The van der Waals surface area contributed by atoms with E-state index in [1.807, 2.05) is 32.0 Å². The van der Waals surface area contributed by atoms with E-state index in [0.29, 0.717) is 5.33 Å². The van der Waals surface area contributed by atoms with Gasteiger partial charge in [0, 0.05) is 5.56 Å². The zero-order valence-electron chi connectivity index (χ0n) is 7.23. The molecule has 12 heavy (non-hydrogen) atoms. The number of carbonyl (C=O) groups is 1. The largest absolute Gasteiger partial charge is 0.293 e. The zero-order chi connectivity index (χ0) is 9.14. The Morgan fingerprint density at radius 1 is 1.42 bits per heavy atom. The van der Waals surface area contributed by atoms with Gasteiger partial charge in [0.25, 0.3) is 0 Å². The molecule has 0 unspecified atom stereocenters. The molecule has 0 saturated carbocycles. The smallest absolute Gasteiger partial charge is 0.173 e. The molecule has 1 nitrogen and oxygen atoms in total. The van der Waals surface area contributed by atoms with Crippen molar-refractivity contribution in [2.45, 2.75) is 13.8 Å². The molecule has 1 aromatic rings. The first-order chi connectivity index (χ1) is 5.65. The third-order valence-electron chi connectivity index (χ3n) is 1.81. The average Bonchev–Trinajstić information content (AvgIpc) is 2.08. The van der Waals surface area contributed by atoms with Crippen LogP contribution in [-0.2, 0) is 0 Å². The quantitative estimate of drug-likeness (QED) is 0.560. The molecule has 0 amide bonds. The van der Waals surface area contributed by atoms with Crippen LogP contribution in [0.1, 0.15) is 21.5 Å². The van der Waals surface area contributed by atoms with Gasteiger partial charge >= 0.3 is 0 Å². The summed E-state index contributed by atoms with van der Waals surface area (Å²) in [7, 11) is 0. The normalized spacial score (nSPS) is 9.92. The first kappa shape index (κ1) is 9.46. The maximum atomic E-state index is 11.3. The third-order valence-corrected chi connectivity index (χ3v) is 2.32. The lowest BCUT2D eigenvalue weighted by atomic mass is 10.0. The number of Topliss-reactive ketones (excluding diaryl/α,β-unsaturated/α-hetero) is 1. The molecule has 0 spiro atoms. The molecule has 0 aliphatic heterocycles. The Balaban J connectivity index is 3.13. The fraction of sp³-hybridized carbons (Fsp3) is 0.300. The molecule has 0 saturated heterocycles. The van der Waals surface area contributed by atoms with Gasteiger partial charge in [-0.25, -0.2) is 0 Å². The molecule has 0 atom stereocenters. The van der Waals surface area contributed by atoms with Crippen molar-refractivity contribution < 1.29 is 4.79 Å². The van der Waals surface area contributed by atoms with Crippen molar-refractivity contribution in [3.05, 3.63) is 34.9 Å². The summed E-state index contributed by atoms with van der Waals surface area (Å²) in [5, 5.41) is 0.400. The number of rotatable bonds is 2. The Kier molecular flexibility index (Phi) is 3.04. The standard InChI is InChI=1S/C10H11BrO/c1-7-3-4-8(2)9(5-7)10(12)6-11/h3-5H,6H2,1-2H3. The molecular formula is C10H11BrO. The first-order valence-corrected chi connectivity index (χ1v) is 4.93. The van der Waals surface area contributed by atoms with Crippen LogP contribution in [0.4, 0.5) is 0 Å². The predicted octanol–water partition coefficient (Wildman–Crippen LogP) is 2.88. The highest BCUT2D eigenvalue weighted by Crippen LogP contribution is 2.12. The SMILES string of the molecule is Cc1ccc(C)c(C(=O)CBr)c1. The fourth-order valence-electron chi connectivity index (χ4n) is 1.11. The van der Waals surface area contributed by atoms with E-state index < -0.39 is 0 Å². The van der Waals surface area contributed by atoms with Gasteiger partial charge in [0.1, 0.15) is 0 Å². The molecule has 0 fully saturated rings. The van der Waals surface area contributed by atoms with Crippen LogP contribution in [0.5, 0.6) is 0 Å². The maximum absolute atomic E-state index is 11.3. The zero-order valence-corrected chi connectivity index (χ0v) is 8.81. The summed E-state index contributed by atoms with van der Waals surface area (Å²) in [5.74, 6) is 0.149. The highest BCUT2D eigenvalue weighted by molar-refractivity contribution is 9.09. The van der Waals surface area contributed by atoms with Crippen LogP contribution >= 0.6 is 15.9 Å². The van der Waals surface area contributed by atoms with Crippen molar-refractivity contribution >= 4 is 21.7 Å². The fourth-order valence-corrected chi connectivity index (χ4v) is 1.41. The molecule has 0 bridgehead atoms. The lowest BCUT2D eigenvalue weighted by Gasteiger charge is -2.03. The Hall–Kier alpha value is -0.630. The van der Waals surface area contributed by atoms with E-state index in [-0.39, 0.29) is 5.78 Å². The number of ketones is 1. The summed E-state index contributed by atoms with van der Waals surface area (Å²) in [6, 6.07) is 5.92. The number of halogens is 1. The van der Waals surface area contributed by atoms with Crippen molar-refractivity contribution in [1.29, 1.82) is 0 Å². The summed E-state index contributed by atoms with van der Waals surface area (Å²) in [6.07, 6.45) is 0. The average molecular weight is 227 g/mol. The van der Waals surface area contributed by atoms with E-state index in [2.05, 4.69) is 15.9 Å². The van der Waals surface area contributed by atoms with E-state index >= 15 is 0 Å². The van der Waals surface area contributed by atoms with Crippen LogP contribution < -0.4 is 0 Å². The van der Waals surface area contributed by atoms with E-state index in [1.54, 1.807) is 0 Å². The molecule has 0 aliphatic rings. The Labute approximate surface area is 80.9 Å². The van der Waals surface area contributed by atoms with E-state index in [0.717, 1.165) is 16.7 Å². The summed E-state index contributed by atoms with van der Waals surface area (Å²) in [6.45, 7) is 3.94. The summed E-state index contributed by atoms with van der Waals surface area (Å²) < 4.78 is 0. The summed E-state index contributed by atoms with van der Waals surface area (Å²) in [4.78, 5) is 11.3. The van der Waals surface area contributed by atoms with Gasteiger partial charge in [-0.15, -0.1) is 0 Å². The number of hydrogen-bond acceptors (Lipinski definition) is 1. The van der Waals surface area contributed by atoms with Crippen molar-refractivity contribution in [2.75, 3.05) is 5.33 Å². The second-order valence-electron chi connectivity index (χ2n) is 2.88. The van der Waals surface area contributed by atoms with Gasteiger partial charge < -0.3 is 0 Å². The number of hydrogen-bond donors (Lipinski definition) is 0. The lowest BCUT2D eigenvalue weighted by Crippen LogP contribution is -2.02. The molecule has 1 aromatic carbocycles. The van der Waals surface area contributed by atoms with Crippen LogP contribution in [0.3, 0.4) is 0 Å². The van der Waals surface area contributed by atoms with Crippen LogP contribution in [0.2, 0.25) is 0 Å². The predicted molar refractivity (Wildman–Crippen MR) is 54.0 cm³/mol. The lowest BCUT2D eigenvalue weighted by molar-refractivity contribution is 0.102. The van der Waals surface area contributed by atoms with Crippen LogP contribution in [-0.4, -0.2) is 11.1 Å². The second kappa shape index (κ2) is 3.85. The van der Waals surface area contributed by atoms with E-state index in [9.17, 15) is 4.79 Å². The molecule has 0 aliphatic carbocycles. The highest BCUT2D eigenvalue weighted by atomic mass is 79.9.